The van der Waals surface area contributed by atoms with Crippen molar-refractivity contribution < 1.29 is 4.74 Å². The largest absolute Gasteiger partial charge is 0.378 e. The van der Waals surface area contributed by atoms with Crippen molar-refractivity contribution in [3.8, 4) is 0 Å². The third-order valence-electron chi connectivity index (χ3n) is 1.40. The molecule has 2 atom stereocenters. The lowest BCUT2D eigenvalue weighted by Gasteiger charge is -1.88. The monoisotopic (exact) mass is 85.1 g/mol. The van der Waals surface area contributed by atoms with Gasteiger partial charge in [0, 0.05) is 12.1 Å². The molecule has 2 fully saturated rings. The van der Waals surface area contributed by atoms with E-state index in [1.54, 1.807) is 0 Å². The van der Waals surface area contributed by atoms with E-state index in [0.29, 0.717) is 0 Å². The van der Waals surface area contributed by atoms with Crippen molar-refractivity contribution >= 4 is 0 Å². The number of nitrogens with one attached hydrogen (secondary N) is 1. The van der Waals surface area contributed by atoms with Crippen LogP contribution in [0.1, 0.15) is 0 Å². The molecule has 1 N–H and O–H groups in total. The molecule has 0 bridgehead atoms. The highest BCUT2D eigenvalue weighted by Gasteiger charge is 2.41. The standard InChI is InChI=1S/C4H7NO/c1-3-4(5-3)2-6-1/h3-5H,1-2H2/t3-,4?/m1/s1. The van der Waals surface area contributed by atoms with Crippen LogP contribution in [0, 0.1) is 0 Å². The zero-order valence-electron chi connectivity index (χ0n) is 3.48. The Labute approximate surface area is 36.5 Å². The molecule has 2 saturated heterocycles. The fraction of sp³-hybridized carbons (Fsp3) is 1.00. The van der Waals surface area contributed by atoms with Gasteiger partial charge in [-0.1, -0.05) is 0 Å². The zero-order chi connectivity index (χ0) is 3.98. The maximum Gasteiger partial charge on any atom is 0.0636 e. The summed E-state index contributed by atoms with van der Waals surface area (Å²) in [5, 5.41) is 3.24. The Hall–Kier alpha value is -0.0800. The van der Waals surface area contributed by atoms with Crippen molar-refractivity contribution in [2.45, 2.75) is 12.1 Å². The summed E-state index contributed by atoms with van der Waals surface area (Å²) in [6, 6.07) is 1.48. The van der Waals surface area contributed by atoms with E-state index in [1.807, 2.05) is 0 Å². The minimum atomic E-state index is 0.741. The van der Waals surface area contributed by atoms with Crippen LogP contribution in [0.25, 0.3) is 0 Å². The Bertz CT molecular complexity index is 65.9. The van der Waals surface area contributed by atoms with Gasteiger partial charge in [-0.3, -0.25) is 0 Å². The molecule has 0 aromatic carbocycles. The molecule has 0 amide bonds. The van der Waals surface area contributed by atoms with E-state index >= 15 is 0 Å². The number of morpholine rings is 1. The molecule has 2 rings (SSSR count). The summed E-state index contributed by atoms with van der Waals surface area (Å²) in [6.45, 7) is 1.90. The summed E-state index contributed by atoms with van der Waals surface area (Å²) in [5.74, 6) is 0. The third-order valence-corrected chi connectivity index (χ3v) is 1.40. The Morgan fingerprint density at radius 3 is 2.17 bits per heavy atom. The zero-order valence-corrected chi connectivity index (χ0v) is 3.48. The van der Waals surface area contributed by atoms with Crippen molar-refractivity contribution in [1.82, 2.24) is 5.32 Å². The molecule has 2 heteroatoms. The van der Waals surface area contributed by atoms with Crippen LogP contribution < -0.4 is 5.32 Å². The van der Waals surface area contributed by atoms with Gasteiger partial charge >= 0.3 is 0 Å². The number of ether oxygens (including phenoxy) is 1. The summed E-state index contributed by atoms with van der Waals surface area (Å²) < 4.78 is 5.04. The first-order valence-corrected chi connectivity index (χ1v) is 2.30. The number of hydrogen-bond acceptors (Lipinski definition) is 2. The van der Waals surface area contributed by atoms with Gasteiger partial charge in [0.25, 0.3) is 0 Å². The summed E-state index contributed by atoms with van der Waals surface area (Å²) in [5.41, 5.74) is 0. The van der Waals surface area contributed by atoms with Crippen LogP contribution in [0.15, 0.2) is 0 Å². The van der Waals surface area contributed by atoms with Crippen molar-refractivity contribution in [2.24, 2.45) is 0 Å². The molecule has 34 valence electrons. The van der Waals surface area contributed by atoms with Gasteiger partial charge in [-0.05, 0) is 0 Å². The molecule has 0 spiro atoms. The molecule has 0 aromatic rings. The van der Waals surface area contributed by atoms with Crippen LogP contribution in [0.5, 0.6) is 0 Å². The fourth-order valence-electron chi connectivity index (χ4n) is 0.870. The lowest BCUT2D eigenvalue weighted by molar-refractivity contribution is 0.172. The van der Waals surface area contributed by atoms with E-state index in [0.717, 1.165) is 25.3 Å². The molecule has 0 aliphatic carbocycles. The second kappa shape index (κ2) is 0.768. The second-order valence-corrected chi connectivity index (χ2v) is 1.92. The van der Waals surface area contributed by atoms with E-state index in [9.17, 15) is 0 Å². The molecule has 1 unspecified atom stereocenters. The minimum Gasteiger partial charge on any atom is -0.378 e. The third kappa shape index (κ3) is 0.235. The van der Waals surface area contributed by atoms with Crippen molar-refractivity contribution in [1.29, 1.82) is 0 Å². The topological polar surface area (TPSA) is 31.2 Å². The molecule has 2 nitrogen and oxygen atoms in total. The van der Waals surface area contributed by atoms with Crippen molar-refractivity contribution in [3.05, 3.63) is 0 Å². The Morgan fingerprint density at radius 2 is 2.00 bits per heavy atom. The average molecular weight is 85.1 g/mol. The summed E-state index contributed by atoms with van der Waals surface area (Å²) in [4.78, 5) is 0. The predicted molar refractivity (Wildman–Crippen MR) is 21.5 cm³/mol. The number of rotatable bonds is 0. The smallest absolute Gasteiger partial charge is 0.0636 e. The van der Waals surface area contributed by atoms with Crippen LogP contribution >= 0.6 is 0 Å². The van der Waals surface area contributed by atoms with Crippen molar-refractivity contribution in [3.63, 3.8) is 0 Å². The van der Waals surface area contributed by atoms with Crippen LogP contribution in [0.4, 0.5) is 0 Å². The molecule has 0 saturated carbocycles. The van der Waals surface area contributed by atoms with E-state index in [4.69, 9.17) is 4.74 Å². The Morgan fingerprint density at radius 1 is 1.33 bits per heavy atom. The van der Waals surface area contributed by atoms with E-state index in [-0.39, 0.29) is 0 Å². The first-order valence-electron chi connectivity index (χ1n) is 2.30. The Balaban J connectivity index is 2.09. The summed E-state index contributed by atoms with van der Waals surface area (Å²) in [6.07, 6.45) is 0. The SMILES string of the molecule is C1OC[C@H]2NC12. The highest BCUT2D eigenvalue weighted by Crippen LogP contribution is 2.17. The van der Waals surface area contributed by atoms with E-state index < -0.39 is 0 Å². The molecule has 2 heterocycles. The molecule has 0 aromatic heterocycles. The first kappa shape index (κ1) is 2.99. The highest BCUT2D eigenvalue weighted by molar-refractivity contribution is 5.01. The molecular formula is C4H7NO. The number of fused-ring (bicyclic) bond motifs is 1. The van der Waals surface area contributed by atoms with E-state index in [1.165, 1.54) is 0 Å². The summed E-state index contributed by atoms with van der Waals surface area (Å²) in [7, 11) is 0. The predicted octanol–water partition coefficient (Wildman–Crippen LogP) is -0.643. The van der Waals surface area contributed by atoms with Gasteiger partial charge in [0.1, 0.15) is 0 Å². The lowest BCUT2D eigenvalue weighted by atomic mass is 10.4. The van der Waals surface area contributed by atoms with Crippen LogP contribution in [-0.4, -0.2) is 25.3 Å². The maximum absolute atomic E-state index is 5.04. The van der Waals surface area contributed by atoms with Crippen molar-refractivity contribution in [2.75, 3.05) is 13.2 Å². The molecule has 2 aliphatic rings. The maximum atomic E-state index is 5.04. The quantitative estimate of drug-likeness (QED) is 0.396. The van der Waals surface area contributed by atoms with Gasteiger partial charge in [-0.15, -0.1) is 0 Å². The Kier molecular flexibility index (Phi) is 0.383. The first-order chi connectivity index (χ1) is 2.97. The van der Waals surface area contributed by atoms with Gasteiger partial charge in [-0.2, -0.15) is 0 Å². The fourth-order valence-corrected chi connectivity index (χ4v) is 0.870. The molecular weight excluding hydrogens is 78.0 g/mol. The van der Waals surface area contributed by atoms with Gasteiger partial charge < -0.3 is 10.1 Å². The highest BCUT2D eigenvalue weighted by atomic mass is 16.5. The van der Waals surface area contributed by atoms with Crippen LogP contribution in [0.3, 0.4) is 0 Å². The second-order valence-electron chi connectivity index (χ2n) is 1.92. The molecule has 0 radical (unpaired) electrons. The van der Waals surface area contributed by atoms with Crippen LogP contribution in [-0.2, 0) is 4.74 Å². The summed E-state index contributed by atoms with van der Waals surface area (Å²) >= 11 is 0. The lowest BCUT2D eigenvalue weighted by Crippen LogP contribution is -2.01. The molecule has 2 aliphatic heterocycles. The van der Waals surface area contributed by atoms with Gasteiger partial charge in [0.2, 0.25) is 0 Å². The van der Waals surface area contributed by atoms with E-state index in [2.05, 4.69) is 5.32 Å². The van der Waals surface area contributed by atoms with Gasteiger partial charge in [0.15, 0.2) is 0 Å². The number of hydrogen-bond donors (Lipinski definition) is 1. The van der Waals surface area contributed by atoms with Crippen LogP contribution in [0.2, 0.25) is 0 Å². The van der Waals surface area contributed by atoms with Gasteiger partial charge in [0.05, 0.1) is 13.2 Å². The molecule has 6 heavy (non-hydrogen) atoms. The normalized spacial score (nSPS) is 52.0. The van der Waals surface area contributed by atoms with Gasteiger partial charge in [-0.25, -0.2) is 0 Å². The minimum absolute atomic E-state index is 0.741. The average Bonchev–Trinajstić information content (AvgIpc) is 2.17.